The van der Waals surface area contributed by atoms with Gasteiger partial charge in [-0.1, -0.05) is 30.3 Å². The van der Waals surface area contributed by atoms with E-state index in [1.165, 1.54) is 0 Å². The summed E-state index contributed by atoms with van der Waals surface area (Å²) in [7, 11) is -2.99. The molecule has 24 heavy (non-hydrogen) atoms. The molecule has 0 unspecified atom stereocenters. The van der Waals surface area contributed by atoms with Crippen molar-refractivity contribution < 1.29 is 22.9 Å². The molecule has 1 aromatic heterocycles. The van der Waals surface area contributed by atoms with Gasteiger partial charge in [-0.25, -0.2) is 8.42 Å². The Labute approximate surface area is 141 Å². The maximum Gasteiger partial charge on any atom is 0.275 e. The van der Waals surface area contributed by atoms with Crippen molar-refractivity contribution in [2.75, 3.05) is 18.1 Å². The molecule has 0 bridgehead atoms. The van der Waals surface area contributed by atoms with Crippen LogP contribution in [0.2, 0.25) is 0 Å². The molecular weight excluding hydrogens is 328 g/mol. The lowest BCUT2D eigenvalue weighted by molar-refractivity contribution is -0.678. The molecule has 2 atom stereocenters. The van der Waals surface area contributed by atoms with E-state index in [-0.39, 0.29) is 36.0 Å². The van der Waals surface area contributed by atoms with Gasteiger partial charge in [0, 0.05) is 11.6 Å². The van der Waals surface area contributed by atoms with Gasteiger partial charge in [-0.2, -0.15) is 0 Å². The molecule has 1 aliphatic rings. The van der Waals surface area contributed by atoms with Crippen molar-refractivity contribution in [2.45, 2.75) is 18.5 Å². The Balaban J connectivity index is 1.61. The quantitative estimate of drug-likeness (QED) is 0.781. The zero-order valence-electron chi connectivity index (χ0n) is 13.2. The van der Waals surface area contributed by atoms with Crippen LogP contribution in [0.4, 0.5) is 0 Å². The van der Waals surface area contributed by atoms with Crippen molar-refractivity contribution >= 4 is 15.7 Å². The summed E-state index contributed by atoms with van der Waals surface area (Å²) in [6.45, 7) is 0.205. The minimum Gasteiger partial charge on any atom is -0.463 e. The van der Waals surface area contributed by atoms with Gasteiger partial charge in [0.15, 0.2) is 28.2 Å². The van der Waals surface area contributed by atoms with Crippen molar-refractivity contribution in [2.24, 2.45) is 0 Å². The van der Waals surface area contributed by atoms with Crippen LogP contribution in [0.15, 0.2) is 53.1 Å². The number of rotatable bonds is 6. The summed E-state index contributed by atoms with van der Waals surface area (Å²) in [5.41, 5.74) is 1.05. The number of hydrogen-bond donors (Lipinski definition) is 2. The summed E-state index contributed by atoms with van der Waals surface area (Å²) >= 11 is 0. The minimum absolute atomic E-state index is 0.0407. The Bertz CT molecular complexity index is 772. The zero-order chi connectivity index (χ0) is 17.0. The number of sulfone groups is 1. The third-order valence-corrected chi connectivity index (χ3v) is 5.91. The minimum atomic E-state index is -2.99. The number of hydrogen-bond acceptors (Lipinski definition) is 4. The highest BCUT2D eigenvalue weighted by Crippen LogP contribution is 2.18. The molecule has 2 aromatic rings. The van der Waals surface area contributed by atoms with E-state index in [2.05, 4.69) is 5.32 Å². The van der Waals surface area contributed by atoms with Crippen LogP contribution >= 0.6 is 0 Å². The molecule has 0 spiro atoms. The molecule has 1 aliphatic heterocycles. The SMILES string of the molecule is O=C(C[NH2+][C@@H](c1ccccc1)c1ccco1)N[C@H]1CCS(=O)(=O)C1. The van der Waals surface area contributed by atoms with E-state index in [0.29, 0.717) is 6.42 Å². The van der Waals surface area contributed by atoms with Crippen LogP contribution in [-0.4, -0.2) is 38.4 Å². The average molecular weight is 349 g/mol. The Hall–Kier alpha value is -2.12. The molecule has 1 saturated heterocycles. The molecular formula is C17H21N2O4S+. The lowest BCUT2D eigenvalue weighted by Crippen LogP contribution is -2.87. The van der Waals surface area contributed by atoms with Crippen molar-refractivity contribution in [3.05, 3.63) is 60.1 Å². The number of benzene rings is 1. The first kappa shape index (κ1) is 16.7. The average Bonchev–Trinajstić information content (AvgIpc) is 3.18. The lowest BCUT2D eigenvalue weighted by atomic mass is 10.0. The highest BCUT2D eigenvalue weighted by Gasteiger charge is 2.29. The summed E-state index contributed by atoms with van der Waals surface area (Å²) in [6.07, 6.45) is 2.11. The molecule has 0 saturated carbocycles. The number of nitrogens with one attached hydrogen (secondary N) is 1. The summed E-state index contributed by atoms with van der Waals surface area (Å²) < 4.78 is 28.4. The maximum absolute atomic E-state index is 12.1. The van der Waals surface area contributed by atoms with Crippen LogP contribution in [0, 0.1) is 0 Å². The molecule has 1 fully saturated rings. The normalized spacial score (nSPS) is 20.6. The maximum atomic E-state index is 12.1. The fourth-order valence-electron chi connectivity index (χ4n) is 2.97. The Morgan fingerprint density at radius 2 is 2.04 bits per heavy atom. The predicted molar refractivity (Wildman–Crippen MR) is 89.0 cm³/mol. The van der Waals surface area contributed by atoms with Crippen LogP contribution in [0.5, 0.6) is 0 Å². The van der Waals surface area contributed by atoms with E-state index in [9.17, 15) is 13.2 Å². The number of carbonyl (C=O) groups is 1. The third kappa shape index (κ3) is 4.24. The number of nitrogens with two attached hydrogens (primary N) is 1. The highest BCUT2D eigenvalue weighted by atomic mass is 32.2. The van der Waals surface area contributed by atoms with Crippen molar-refractivity contribution in [1.82, 2.24) is 5.32 Å². The van der Waals surface area contributed by atoms with Crippen LogP contribution in [0.1, 0.15) is 23.8 Å². The zero-order valence-corrected chi connectivity index (χ0v) is 14.0. The van der Waals surface area contributed by atoms with E-state index in [1.54, 1.807) is 6.26 Å². The second-order valence-corrected chi connectivity index (χ2v) is 8.24. The number of furan rings is 1. The molecule has 2 heterocycles. The monoisotopic (exact) mass is 349 g/mol. The van der Waals surface area contributed by atoms with E-state index in [4.69, 9.17) is 4.42 Å². The van der Waals surface area contributed by atoms with Crippen molar-refractivity contribution in [1.29, 1.82) is 0 Å². The van der Waals surface area contributed by atoms with Crippen molar-refractivity contribution in [3.63, 3.8) is 0 Å². The number of carbonyl (C=O) groups excluding carboxylic acids is 1. The molecule has 7 heteroatoms. The van der Waals surface area contributed by atoms with Gasteiger partial charge in [-0.15, -0.1) is 0 Å². The van der Waals surface area contributed by atoms with Gasteiger partial charge in [0.05, 0.1) is 17.8 Å². The van der Waals surface area contributed by atoms with E-state index in [0.717, 1.165) is 11.3 Å². The molecule has 0 aliphatic carbocycles. The first-order valence-corrected chi connectivity index (χ1v) is 9.77. The molecule has 6 nitrogen and oxygen atoms in total. The fourth-order valence-corrected chi connectivity index (χ4v) is 4.64. The van der Waals surface area contributed by atoms with Gasteiger partial charge in [-0.05, 0) is 18.6 Å². The lowest BCUT2D eigenvalue weighted by Gasteiger charge is -2.15. The molecule has 3 N–H and O–H groups in total. The van der Waals surface area contributed by atoms with Gasteiger partial charge < -0.3 is 15.1 Å². The van der Waals surface area contributed by atoms with Gasteiger partial charge in [0.1, 0.15) is 0 Å². The number of quaternary nitrogens is 1. The molecule has 1 aromatic carbocycles. The highest BCUT2D eigenvalue weighted by molar-refractivity contribution is 7.91. The Kier molecular flexibility index (Phi) is 5.01. The molecule has 1 amide bonds. The summed E-state index contributed by atoms with van der Waals surface area (Å²) in [5, 5.41) is 4.70. The Morgan fingerprint density at radius 1 is 1.25 bits per heavy atom. The summed E-state index contributed by atoms with van der Waals surface area (Å²) in [4.78, 5) is 12.1. The first-order chi connectivity index (χ1) is 11.5. The topological polar surface area (TPSA) is 93.0 Å². The summed E-state index contributed by atoms with van der Waals surface area (Å²) in [6, 6.07) is 13.1. The summed E-state index contributed by atoms with van der Waals surface area (Å²) in [5.74, 6) is 0.807. The molecule has 0 radical (unpaired) electrons. The smallest absolute Gasteiger partial charge is 0.275 e. The molecule has 128 valence electrons. The van der Waals surface area contributed by atoms with Gasteiger partial charge in [0.2, 0.25) is 0 Å². The Morgan fingerprint density at radius 3 is 2.67 bits per heavy atom. The molecule has 3 rings (SSSR count). The number of amides is 1. The van der Waals surface area contributed by atoms with E-state index < -0.39 is 9.84 Å². The van der Waals surface area contributed by atoms with Crippen molar-refractivity contribution in [3.8, 4) is 0 Å². The third-order valence-electron chi connectivity index (χ3n) is 4.14. The standard InChI is InChI=1S/C17H20N2O4S/c20-16(19-14-8-10-24(21,22)12-14)11-18-17(15-7-4-9-23-15)13-5-2-1-3-6-13/h1-7,9,14,17-18H,8,10-12H2,(H,19,20)/p+1/t14-,17-/m0/s1. The van der Waals surface area contributed by atoms with Gasteiger partial charge in [-0.3, -0.25) is 4.79 Å². The first-order valence-electron chi connectivity index (χ1n) is 7.95. The predicted octanol–water partition coefficient (Wildman–Crippen LogP) is 0.236. The van der Waals surface area contributed by atoms with Crippen LogP contribution < -0.4 is 10.6 Å². The largest absolute Gasteiger partial charge is 0.463 e. The second kappa shape index (κ2) is 7.19. The second-order valence-electron chi connectivity index (χ2n) is 6.01. The van der Waals surface area contributed by atoms with E-state index in [1.807, 2.05) is 47.8 Å². The van der Waals surface area contributed by atoms with Crippen LogP contribution in [0.3, 0.4) is 0 Å². The van der Waals surface area contributed by atoms with Crippen LogP contribution in [-0.2, 0) is 14.6 Å². The fraction of sp³-hybridized carbons (Fsp3) is 0.353. The van der Waals surface area contributed by atoms with E-state index >= 15 is 0 Å². The van der Waals surface area contributed by atoms with Gasteiger partial charge >= 0.3 is 0 Å². The van der Waals surface area contributed by atoms with Gasteiger partial charge in [0.25, 0.3) is 5.91 Å². The van der Waals surface area contributed by atoms with Crippen LogP contribution in [0.25, 0.3) is 0 Å².